The topological polar surface area (TPSA) is 41.1 Å². The van der Waals surface area contributed by atoms with Crippen LogP contribution in [0.15, 0.2) is 18.2 Å². The van der Waals surface area contributed by atoms with Crippen LogP contribution in [0.2, 0.25) is 0 Å². The van der Waals surface area contributed by atoms with E-state index in [0.29, 0.717) is 19.0 Å². The number of hydrogen-bond acceptors (Lipinski definition) is 2. The van der Waals surface area contributed by atoms with Crippen molar-refractivity contribution in [1.82, 2.24) is 10.6 Å². The Kier molecular flexibility index (Phi) is 6.32. The summed E-state index contributed by atoms with van der Waals surface area (Å²) in [6.07, 6.45) is 4.11. The van der Waals surface area contributed by atoms with Gasteiger partial charge in [-0.2, -0.15) is 0 Å². The summed E-state index contributed by atoms with van der Waals surface area (Å²) in [6, 6.07) is 6.78. The molecule has 4 heteroatoms. The lowest BCUT2D eigenvalue weighted by Gasteiger charge is -2.11. The van der Waals surface area contributed by atoms with Crippen LogP contribution in [-0.2, 0) is 24.1 Å². The maximum Gasteiger partial charge on any atom is 0.224 e. The number of halogens is 1. The lowest BCUT2D eigenvalue weighted by Crippen LogP contribution is -2.37. The van der Waals surface area contributed by atoms with Crippen LogP contribution in [0.1, 0.15) is 30.0 Å². The molecule has 0 saturated heterocycles. The zero-order chi connectivity index (χ0) is 13.0. The smallest absolute Gasteiger partial charge is 0.224 e. The average molecular weight is 283 g/mol. The molecule has 1 unspecified atom stereocenters. The molecule has 0 bridgehead atoms. The molecule has 0 radical (unpaired) electrons. The number of amides is 1. The first-order valence-electron chi connectivity index (χ1n) is 6.73. The zero-order valence-electron chi connectivity index (χ0n) is 11.7. The number of nitrogens with one attached hydrogen (secondary N) is 2. The van der Waals surface area contributed by atoms with Crippen molar-refractivity contribution in [1.29, 1.82) is 0 Å². The highest BCUT2D eigenvalue weighted by atomic mass is 35.5. The third kappa shape index (κ3) is 4.51. The summed E-state index contributed by atoms with van der Waals surface area (Å²) in [5.74, 6) is 0.107. The molecule has 106 valence electrons. The summed E-state index contributed by atoms with van der Waals surface area (Å²) < 4.78 is 0. The maximum absolute atomic E-state index is 11.8. The van der Waals surface area contributed by atoms with E-state index in [4.69, 9.17) is 0 Å². The minimum absolute atomic E-state index is 0. The number of rotatable bonds is 5. The van der Waals surface area contributed by atoms with Crippen LogP contribution in [-0.4, -0.2) is 25.5 Å². The quantitative estimate of drug-likeness (QED) is 0.866. The van der Waals surface area contributed by atoms with Crippen molar-refractivity contribution in [2.24, 2.45) is 0 Å². The molecule has 0 heterocycles. The van der Waals surface area contributed by atoms with Gasteiger partial charge in [0.1, 0.15) is 0 Å². The molecule has 1 aromatic carbocycles. The molecule has 0 aromatic heterocycles. The SMILES string of the molecule is CNC(C)CNC(=O)Cc1ccc2c(c1)CCC2.Cl. The van der Waals surface area contributed by atoms with Gasteiger partial charge in [0.15, 0.2) is 0 Å². The second kappa shape index (κ2) is 7.51. The molecule has 1 amide bonds. The monoisotopic (exact) mass is 282 g/mol. The normalized spacial score (nSPS) is 14.4. The van der Waals surface area contributed by atoms with Gasteiger partial charge < -0.3 is 10.6 Å². The summed E-state index contributed by atoms with van der Waals surface area (Å²) in [6.45, 7) is 2.73. The van der Waals surface area contributed by atoms with Crippen molar-refractivity contribution in [2.75, 3.05) is 13.6 Å². The summed E-state index contributed by atoms with van der Waals surface area (Å²) in [5.41, 5.74) is 4.03. The predicted octanol–water partition coefficient (Wildman–Crippen LogP) is 1.86. The van der Waals surface area contributed by atoms with E-state index >= 15 is 0 Å². The Morgan fingerprint density at radius 3 is 2.79 bits per heavy atom. The molecule has 1 aliphatic rings. The minimum atomic E-state index is 0. The Morgan fingerprint density at radius 1 is 1.32 bits per heavy atom. The Bertz CT molecular complexity index is 434. The van der Waals surface area contributed by atoms with E-state index in [9.17, 15) is 4.79 Å². The van der Waals surface area contributed by atoms with E-state index in [-0.39, 0.29) is 18.3 Å². The van der Waals surface area contributed by atoms with Gasteiger partial charge in [-0.15, -0.1) is 12.4 Å². The third-order valence-electron chi connectivity index (χ3n) is 3.63. The number of benzene rings is 1. The number of hydrogen-bond donors (Lipinski definition) is 2. The summed E-state index contributed by atoms with van der Waals surface area (Å²) in [7, 11) is 1.90. The lowest BCUT2D eigenvalue weighted by atomic mass is 10.0. The Labute approximate surface area is 121 Å². The first kappa shape index (κ1) is 16.0. The zero-order valence-corrected chi connectivity index (χ0v) is 12.5. The fourth-order valence-corrected chi connectivity index (χ4v) is 2.35. The standard InChI is InChI=1S/C15H22N2O.ClH/c1-11(16-2)10-17-15(18)9-12-6-7-13-4-3-5-14(13)8-12;/h6-8,11,16H,3-5,9-10H2,1-2H3,(H,17,18);1H. The highest BCUT2D eigenvalue weighted by Gasteiger charge is 2.12. The van der Waals surface area contributed by atoms with E-state index < -0.39 is 0 Å². The van der Waals surface area contributed by atoms with Gasteiger partial charge in [-0.05, 0) is 49.9 Å². The lowest BCUT2D eigenvalue weighted by molar-refractivity contribution is -0.120. The van der Waals surface area contributed by atoms with Gasteiger partial charge in [0.2, 0.25) is 5.91 Å². The molecule has 0 spiro atoms. The molecule has 1 aliphatic carbocycles. The van der Waals surface area contributed by atoms with Crippen molar-refractivity contribution in [3.63, 3.8) is 0 Å². The first-order valence-corrected chi connectivity index (χ1v) is 6.73. The summed E-state index contributed by atoms with van der Waals surface area (Å²) >= 11 is 0. The fraction of sp³-hybridized carbons (Fsp3) is 0.533. The number of carbonyl (C=O) groups is 1. The van der Waals surface area contributed by atoms with Crippen LogP contribution in [0, 0.1) is 0 Å². The fourth-order valence-electron chi connectivity index (χ4n) is 2.35. The van der Waals surface area contributed by atoms with E-state index in [1.54, 1.807) is 0 Å². The maximum atomic E-state index is 11.8. The van der Waals surface area contributed by atoms with Crippen LogP contribution in [0.4, 0.5) is 0 Å². The minimum Gasteiger partial charge on any atom is -0.354 e. The van der Waals surface area contributed by atoms with Crippen molar-refractivity contribution >= 4 is 18.3 Å². The molecule has 19 heavy (non-hydrogen) atoms. The Morgan fingerprint density at radius 2 is 2.05 bits per heavy atom. The Balaban J connectivity index is 0.00000180. The van der Waals surface area contributed by atoms with Gasteiger partial charge >= 0.3 is 0 Å². The molecule has 2 N–H and O–H groups in total. The van der Waals surface area contributed by atoms with E-state index in [1.165, 1.54) is 30.4 Å². The molecular weight excluding hydrogens is 260 g/mol. The van der Waals surface area contributed by atoms with E-state index in [2.05, 4.69) is 35.8 Å². The van der Waals surface area contributed by atoms with Crippen molar-refractivity contribution in [3.05, 3.63) is 34.9 Å². The van der Waals surface area contributed by atoms with Crippen molar-refractivity contribution < 1.29 is 4.79 Å². The molecule has 3 nitrogen and oxygen atoms in total. The molecule has 0 saturated carbocycles. The van der Waals surface area contributed by atoms with Crippen molar-refractivity contribution in [3.8, 4) is 0 Å². The van der Waals surface area contributed by atoms with Crippen LogP contribution >= 0.6 is 12.4 Å². The highest BCUT2D eigenvalue weighted by Crippen LogP contribution is 2.22. The second-order valence-corrected chi connectivity index (χ2v) is 5.13. The van der Waals surface area contributed by atoms with Gasteiger partial charge in [-0.25, -0.2) is 0 Å². The van der Waals surface area contributed by atoms with Gasteiger partial charge in [-0.3, -0.25) is 4.79 Å². The number of likely N-dealkylation sites (N-methyl/N-ethyl adjacent to an activating group) is 1. The number of aryl methyl sites for hydroxylation is 2. The van der Waals surface area contributed by atoms with Crippen LogP contribution in [0.5, 0.6) is 0 Å². The molecular formula is C15H23ClN2O. The summed E-state index contributed by atoms with van der Waals surface area (Å²) in [5, 5.41) is 6.05. The molecule has 0 fully saturated rings. The van der Waals surface area contributed by atoms with Gasteiger partial charge in [-0.1, -0.05) is 18.2 Å². The number of fused-ring (bicyclic) bond motifs is 1. The van der Waals surface area contributed by atoms with E-state index in [0.717, 1.165) is 5.56 Å². The van der Waals surface area contributed by atoms with Crippen LogP contribution in [0.25, 0.3) is 0 Å². The molecule has 0 aliphatic heterocycles. The first-order chi connectivity index (χ1) is 8.69. The largest absolute Gasteiger partial charge is 0.354 e. The average Bonchev–Trinajstić information content (AvgIpc) is 2.83. The van der Waals surface area contributed by atoms with Crippen molar-refractivity contribution in [2.45, 2.75) is 38.6 Å². The Hall–Kier alpha value is -1.06. The molecule has 2 rings (SSSR count). The summed E-state index contributed by atoms with van der Waals surface area (Å²) in [4.78, 5) is 11.8. The van der Waals surface area contributed by atoms with Crippen LogP contribution < -0.4 is 10.6 Å². The third-order valence-corrected chi connectivity index (χ3v) is 3.63. The highest BCUT2D eigenvalue weighted by molar-refractivity contribution is 5.85. The number of carbonyl (C=O) groups excluding carboxylic acids is 1. The second-order valence-electron chi connectivity index (χ2n) is 5.13. The predicted molar refractivity (Wildman–Crippen MR) is 81.0 cm³/mol. The van der Waals surface area contributed by atoms with Gasteiger partial charge in [0.05, 0.1) is 6.42 Å². The van der Waals surface area contributed by atoms with Crippen LogP contribution in [0.3, 0.4) is 0 Å². The van der Waals surface area contributed by atoms with E-state index in [1.807, 2.05) is 7.05 Å². The molecule has 1 atom stereocenters. The molecule has 1 aromatic rings. The van der Waals surface area contributed by atoms with Gasteiger partial charge in [0, 0.05) is 12.6 Å². The van der Waals surface area contributed by atoms with Gasteiger partial charge in [0.25, 0.3) is 0 Å².